The van der Waals surface area contributed by atoms with Gasteiger partial charge in [0.2, 0.25) is 0 Å². The van der Waals surface area contributed by atoms with Crippen LogP contribution in [0.25, 0.3) is 0 Å². The van der Waals surface area contributed by atoms with Crippen LogP contribution in [0.2, 0.25) is 5.15 Å². The number of carbonyl (C=O) groups is 1. The van der Waals surface area contributed by atoms with Crippen molar-refractivity contribution in [2.75, 3.05) is 22.1 Å². The van der Waals surface area contributed by atoms with E-state index in [-0.39, 0.29) is 16.4 Å². The fourth-order valence-corrected chi connectivity index (χ4v) is 3.55. The van der Waals surface area contributed by atoms with Crippen molar-refractivity contribution in [1.82, 2.24) is 9.97 Å². The van der Waals surface area contributed by atoms with Gasteiger partial charge in [-0.25, -0.2) is 4.98 Å². The molecule has 4 bridgehead atoms. The zero-order chi connectivity index (χ0) is 22.2. The summed E-state index contributed by atoms with van der Waals surface area (Å²) in [5.74, 6) is -0.177. The highest BCUT2D eigenvalue weighted by Gasteiger charge is 2.33. The smallest absolute Gasteiger partial charge is 0.362 e. The summed E-state index contributed by atoms with van der Waals surface area (Å²) in [6, 6.07) is 10.3. The third kappa shape index (κ3) is 4.41. The van der Waals surface area contributed by atoms with Gasteiger partial charge in [0.1, 0.15) is 17.1 Å². The van der Waals surface area contributed by atoms with Gasteiger partial charge in [-0.2, -0.15) is 13.2 Å². The Morgan fingerprint density at radius 2 is 2.00 bits per heavy atom. The fraction of sp³-hybridized carbons (Fsp3) is 0.190. The largest absolute Gasteiger partial charge is 0.416 e. The average Bonchev–Trinajstić information content (AvgIpc) is 2.72. The molecule has 10 heteroatoms. The molecule has 0 fully saturated rings. The van der Waals surface area contributed by atoms with Gasteiger partial charge in [-0.1, -0.05) is 23.7 Å². The minimum Gasteiger partial charge on any atom is -0.362 e. The van der Waals surface area contributed by atoms with Gasteiger partial charge in [0, 0.05) is 23.5 Å². The molecule has 2 aromatic carbocycles. The van der Waals surface area contributed by atoms with Crippen molar-refractivity contribution in [3.8, 4) is 0 Å². The van der Waals surface area contributed by atoms with Crippen molar-refractivity contribution in [3.63, 3.8) is 0 Å². The molecule has 1 aliphatic heterocycles. The van der Waals surface area contributed by atoms with E-state index in [1.54, 1.807) is 31.2 Å². The molecule has 4 rings (SSSR count). The standard InChI is InChI=1S/C21H17ClF3N5O/c1-2-30-16-5-3-4-12(8-16)19(29-18-11-26-10-17(22)28-18)27-15-7-13(20(30)31)6-14(9-15)21(23,24)25/h3-11,19,27H,2H2,1H3,(H,28,29)/t19-/m1/s1. The van der Waals surface area contributed by atoms with Crippen LogP contribution in [-0.4, -0.2) is 22.4 Å². The zero-order valence-electron chi connectivity index (χ0n) is 16.2. The monoisotopic (exact) mass is 447 g/mol. The summed E-state index contributed by atoms with van der Waals surface area (Å²) in [5, 5.41) is 6.31. The van der Waals surface area contributed by atoms with E-state index >= 15 is 0 Å². The van der Waals surface area contributed by atoms with Gasteiger partial charge in [0.25, 0.3) is 5.91 Å². The molecule has 160 valence electrons. The Hall–Kier alpha value is -3.33. The number of anilines is 3. The Morgan fingerprint density at radius 1 is 1.19 bits per heavy atom. The Bertz CT molecular complexity index is 1140. The number of rotatable bonds is 3. The molecular formula is C21H17ClF3N5O. The zero-order valence-corrected chi connectivity index (χ0v) is 17.0. The van der Waals surface area contributed by atoms with Crippen LogP contribution in [0.3, 0.4) is 0 Å². The molecule has 0 aliphatic carbocycles. The van der Waals surface area contributed by atoms with Gasteiger partial charge in [-0.05, 0) is 42.8 Å². The number of benzene rings is 2. The predicted octanol–water partition coefficient (Wildman–Crippen LogP) is 5.35. The fourth-order valence-electron chi connectivity index (χ4n) is 3.40. The molecule has 3 aromatic rings. The first-order valence-electron chi connectivity index (χ1n) is 9.39. The lowest BCUT2D eigenvalue weighted by Crippen LogP contribution is -2.32. The minimum atomic E-state index is -4.61. The molecule has 1 atom stereocenters. The molecule has 0 saturated heterocycles. The number of aromatic nitrogens is 2. The summed E-state index contributed by atoms with van der Waals surface area (Å²) in [7, 11) is 0. The molecule has 0 radical (unpaired) electrons. The SMILES string of the molecule is CCN1C(=O)c2cc(cc(C(F)(F)F)c2)N[C@H](Nc2cncc(Cl)n2)c2cccc1c2. The number of amides is 1. The lowest BCUT2D eigenvalue weighted by molar-refractivity contribution is -0.137. The van der Waals surface area contributed by atoms with Crippen LogP contribution >= 0.6 is 11.6 Å². The van der Waals surface area contributed by atoms with Gasteiger partial charge < -0.3 is 15.5 Å². The second-order valence-electron chi connectivity index (χ2n) is 6.89. The quantitative estimate of drug-likeness (QED) is 0.566. The normalized spacial score (nSPS) is 16.0. The first-order chi connectivity index (χ1) is 14.7. The number of nitrogens with one attached hydrogen (secondary N) is 2. The lowest BCUT2D eigenvalue weighted by Gasteiger charge is -2.28. The van der Waals surface area contributed by atoms with Crippen LogP contribution in [0.4, 0.5) is 30.4 Å². The lowest BCUT2D eigenvalue weighted by atomic mass is 10.0. The second kappa shape index (κ2) is 8.07. The van der Waals surface area contributed by atoms with Gasteiger partial charge in [0.05, 0.1) is 18.0 Å². The van der Waals surface area contributed by atoms with Crippen LogP contribution in [0.5, 0.6) is 0 Å². The van der Waals surface area contributed by atoms with Crippen LogP contribution < -0.4 is 15.5 Å². The third-order valence-electron chi connectivity index (χ3n) is 4.79. The van der Waals surface area contributed by atoms with Crippen molar-refractivity contribution >= 4 is 34.7 Å². The molecule has 1 amide bonds. The Labute approximate surface area is 181 Å². The summed E-state index contributed by atoms with van der Waals surface area (Å²) in [5.41, 5.74) is 0.409. The highest BCUT2D eigenvalue weighted by molar-refractivity contribution is 6.29. The number of carbonyl (C=O) groups excluding carboxylic acids is 1. The number of nitrogens with zero attached hydrogens (tertiary/aromatic N) is 3. The molecule has 2 heterocycles. The maximum Gasteiger partial charge on any atom is 0.416 e. The molecule has 6 nitrogen and oxygen atoms in total. The Kier molecular flexibility index (Phi) is 5.45. The summed E-state index contributed by atoms with van der Waals surface area (Å²) in [6.45, 7) is 2.06. The van der Waals surface area contributed by atoms with Crippen LogP contribution in [-0.2, 0) is 6.18 Å². The van der Waals surface area contributed by atoms with E-state index in [9.17, 15) is 18.0 Å². The number of halogens is 4. The third-order valence-corrected chi connectivity index (χ3v) is 4.97. The van der Waals surface area contributed by atoms with Crippen molar-refractivity contribution in [3.05, 3.63) is 76.7 Å². The summed E-state index contributed by atoms with van der Waals surface area (Å²) in [4.78, 5) is 22.6. The number of hydrogen-bond donors (Lipinski definition) is 2. The maximum atomic E-state index is 13.5. The Morgan fingerprint density at radius 3 is 2.71 bits per heavy atom. The minimum absolute atomic E-state index is 0.0622. The van der Waals surface area contributed by atoms with E-state index in [4.69, 9.17) is 11.6 Å². The average molecular weight is 448 g/mol. The first kappa shape index (κ1) is 20.9. The van der Waals surface area contributed by atoms with E-state index in [0.717, 1.165) is 12.1 Å². The van der Waals surface area contributed by atoms with E-state index in [1.165, 1.54) is 23.4 Å². The molecule has 1 aliphatic rings. The molecule has 2 N–H and O–H groups in total. The maximum absolute atomic E-state index is 13.5. The summed E-state index contributed by atoms with van der Waals surface area (Å²) in [6.07, 6.45) is -2.45. The van der Waals surface area contributed by atoms with Crippen LogP contribution in [0.1, 0.15) is 34.6 Å². The van der Waals surface area contributed by atoms with Crippen molar-refractivity contribution in [1.29, 1.82) is 0 Å². The Balaban J connectivity index is 1.86. The summed E-state index contributed by atoms with van der Waals surface area (Å²) < 4.78 is 40.5. The van der Waals surface area contributed by atoms with E-state index < -0.39 is 23.8 Å². The van der Waals surface area contributed by atoms with Gasteiger partial charge in [-0.3, -0.25) is 9.78 Å². The molecule has 0 saturated carbocycles. The molecule has 0 unspecified atom stereocenters. The summed E-state index contributed by atoms with van der Waals surface area (Å²) >= 11 is 5.91. The van der Waals surface area contributed by atoms with E-state index in [1.807, 2.05) is 0 Å². The van der Waals surface area contributed by atoms with E-state index in [2.05, 4.69) is 20.6 Å². The molecular weight excluding hydrogens is 431 g/mol. The van der Waals surface area contributed by atoms with Crippen molar-refractivity contribution in [2.45, 2.75) is 19.3 Å². The highest BCUT2D eigenvalue weighted by Crippen LogP contribution is 2.35. The van der Waals surface area contributed by atoms with Crippen LogP contribution in [0, 0.1) is 0 Å². The topological polar surface area (TPSA) is 70.2 Å². The molecule has 1 aromatic heterocycles. The van der Waals surface area contributed by atoms with Crippen LogP contribution in [0.15, 0.2) is 54.9 Å². The second-order valence-corrected chi connectivity index (χ2v) is 7.28. The van der Waals surface area contributed by atoms with Crippen molar-refractivity contribution < 1.29 is 18.0 Å². The number of fused-ring (bicyclic) bond motifs is 4. The van der Waals surface area contributed by atoms with Gasteiger partial charge in [0.15, 0.2) is 0 Å². The van der Waals surface area contributed by atoms with Gasteiger partial charge >= 0.3 is 6.18 Å². The molecule has 31 heavy (non-hydrogen) atoms. The van der Waals surface area contributed by atoms with Gasteiger partial charge in [-0.15, -0.1) is 0 Å². The highest BCUT2D eigenvalue weighted by atomic mass is 35.5. The van der Waals surface area contributed by atoms with Crippen molar-refractivity contribution in [2.24, 2.45) is 0 Å². The molecule has 0 spiro atoms. The predicted molar refractivity (Wildman–Crippen MR) is 112 cm³/mol. The first-order valence-corrected chi connectivity index (χ1v) is 9.77. The van der Waals surface area contributed by atoms with E-state index in [0.29, 0.717) is 23.6 Å². The number of alkyl halides is 3. The number of hydrogen-bond acceptors (Lipinski definition) is 5.